The molecule has 0 radical (unpaired) electrons. The van der Waals surface area contributed by atoms with Crippen molar-refractivity contribution in [2.45, 2.75) is 25.4 Å². The van der Waals surface area contributed by atoms with E-state index in [0.29, 0.717) is 22.5 Å². The Kier molecular flexibility index (Phi) is 6.34. The molecule has 2 heterocycles. The Labute approximate surface area is 190 Å². The topological polar surface area (TPSA) is 63.9 Å². The zero-order valence-electron chi connectivity index (χ0n) is 17.9. The Balaban J connectivity index is 2.02. The Hall–Kier alpha value is -2.77. The number of ether oxygens (including phenoxy) is 2. The Bertz CT molecular complexity index is 1220. The number of aromatic nitrogens is 4. The average Bonchev–Trinajstić information content (AvgIpc) is 3.25. The van der Waals surface area contributed by atoms with E-state index in [-0.39, 0.29) is 0 Å². The van der Waals surface area contributed by atoms with Gasteiger partial charge in [-0.2, -0.15) is 4.57 Å². The van der Waals surface area contributed by atoms with Gasteiger partial charge in [0.15, 0.2) is 11.5 Å². The van der Waals surface area contributed by atoms with Crippen LogP contribution in [0.15, 0.2) is 47.6 Å². The summed E-state index contributed by atoms with van der Waals surface area (Å²) in [4.78, 5) is 4.74. The summed E-state index contributed by atoms with van der Waals surface area (Å²) in [6.45, 7) is 4.19. The van der Waals surface area contributed by atoms with Crippen LogP contribution in [-0.2, 0) is 0 Å². The van der Waals surface area contributed by atoms with E-state index in [2.05, 4.69) is 34.7 Å². The molecule has 0 saturated heterocycles. The molecule has 31 heavy (non-hydrogen) atoms. The summed E-state index contributed by atoms with van der Waals surface area (Å²) in [5, 5.41) is 11.0. The standard InChI is InChI=1S/C23H24ClN4O2S/c1-5-10-31-23-25-22(26-27-23)28-14(2)11-16-12-19(29-3)20(30-4)13-18(16)21(28)15-6-8-17(24)9-7-15/h6-9,11-13H,5,10H2,1-4H3,(H,25,26,27)/q+1. The zero-order chi connectivity index (χ0) is 22.0. The molecule has 0 aliphatic heterocycles. The third kappa shape index (κ3) is 4.20. The van der Waals surface area contributed by atoms with Crippen molar-refractivity contribution in [3.63, 3.8) is 0 Å². The highest BCUT2D eigenvalue weighted by Gasteiger charge is 2.24. The summed E-state index contributed by atoms with van der Waals surface area (Å²) in [5.74, 6) is 2.99. The summed E-state index contributed by atoms with van der Waals surface area (Å²) < 4.78 is 13.2. The van der Waals surface area contributed by atoms with E-state index in [0.717, 1.165) is 45.1 Å². The number of thioether (sulfide) groups is 1. The van der Waals surface area contributed by atoms with Crippen LogP contribution in [-0.4, -0.2) is 35.2 Å². The molecule has 0 atom stereocenters. The Morgan fingerprint density at radius 1 is 1.06 bits per heavy atom. The van der Waals surface area contributed by atoms with Crippen molar-refractivity contribution in [2.75, 3.05) is 20.0 Å². The van der Waals surface area contributed by atoms with Crippen molar-refractivity contribution in [1.82, 2.24) is 15.2 Å². The van der Waals surface area contributed by atoms with Crippen LogP contribution in [0.3, 0.4) is 0 Å². The quantitative estimate of drug-likeness (QED) is 0.299. The van der Waals surface area contributed by atoms with E-state index in [1.54, 1.807) is 26.0 Å². The number of benzene rings is 2. The lowest BCUT2D eigenvalue weighted by Crippen LogP contribution is -2.38. The predicted molar refractivity (Wildman–Crippen MR) is 125 cm³/mol. The second-order valence-electron chi connectivity index (χ2n) is 7.06. The van der Waals surface area contributed by atoms with Gasteiger partial charge >= 0.3 is 5.95 Å². The van der Waals surface area contributed by atoms with E-state index in [9.17, 15) is 0 Å². The summed E-state index contributed by atoms with van der Waals surface area (Å²) in [5.41, 5.74) is 2.98. The van der Waals surface area contributed by atoms with Gasteiger partial charge in [-0.3, -0.25) is 0 Å². The van der Waals surface area contributed by atoms with Crippen LogP contribution in [0.2, 0.25) is 5.02 Å². The fourth-order valence-corrected chi connectivity index (χ4v) is 4.34. The van der Waals surface area contributed by atoms with Crippen molar-refractivity contribution in [1.29, 1.82) is 0 Å². The minimum Gasteiger partial charge on any atom is -0.493 e. The molecule has 0 saturated carbocycles. The summed E-state index contributed by atoms with van der Waals surface area (Å²) in [6.07, 6.45) is 1.06. The molecule has 0 bridgehead atoms. The molecular formula is C23H24ClN4O2S+. The number of aromatic amines is 1. The maximum Gasteiger partial charge on any atom is 0.423 e. The number of rotatable bonds is 7. The van der Waals surface area contributed by atoms with Gasteiger partial charge in [-0.05, 0) is 66.2 Å². The second-order valence-corrected chi connectivity index (χ2v) is 8.56. The van der Waals surface area contributed by atoms with E-state index in [1.165, 1.54) is 0 Å². The summed E-state index contributed by atoms with van der Waals surface area (Å²) in [7, 11) is 3.28. The normalized spacial score (nSPS) is 11.1. The van der Waals surface area contributed by atoms with E-state index in [1.807, 2.05) is 36.4 Å². The smallest absolute Gasteiger partial charge is 0.423 e. The molecule has 0 aliphatic rings. The van der Waals surface area contributed by atoms with Gasteiger partial charge in [-0.25, -0.2) is 0 Å². The van der Waals surface area contributed by atoms with Crippen LogP contribution in [0.4, 0.5) is 0 Å². The van der Waals surface area contributed by atoms with Crippen LogP contribution < -0.4 is 14.0 Å². The summed E-state index contributed by atoms with van der Waals surface area (Å²) >= 11 is 7.81. The zero-order valence-corrected chi connectivity index (χ0v) is 19.5. The molecule has 4 rings (SSSR count). The van der Waals surface area contributed by atoms with Gasteiger partial charge in [0.05, 0.1) is 19.9 Å². The molecule has 1 N–H and O–H groups in total. The van der Waals surface area contributed by atoms with Crippen LogP contribution in [0, 0.1) is 6.92 Å². The molecule has 160 valence electrons. The van der Waals surface area contributed by atoms with Gasteiger partial charge in [-0.1, -0.05) is 35.4 Å². The maximum absolute atomic E-state index is 6.17. The highest BCUT2D eigenvalue weighted by molar-refractivity contribution is 7.99. The molecule has 0 unspecified atom stereocenters. The van der Waals surface area contributed by atoms with Crippen molar-refractivity contribution < 1.29 is 14.0 Å². The van der Waals surface area contributed by atoms with Gasteiger partial charge in [0, 0.05) is 21.7 Å². The van der Waals surface area contributed by atoms with Crippen molar-refractivity contribution in [2.24, 2.45) is 0 Å². The number of H-pyrrole nitrogens is 1. The fraction of sp³-hybridized carbons (Fsp3) is 0.261. The second kappa shape index (κ2) is 9.16. The van der Waals surface area contributed by atoms with Gasteiger partial charge in [0.1, 0.15) is 5.69 Å². The van der Waals surface area contributed by atoms with Crippen molar-refractivity contribution >= 4 is 34.1 Å². The molecule has 0 spiro atoms. The number of nitrogens with zero attached hydrogens (tertiary/aromatic N) is 3. The molecule has 8 heteroatoms. The lowest BCUT2D eigenvalue weighted by Gasteiger charge is -2.15. The number of pyridine rings is 1. The highest BCUT2D eigenvalue weighted by atomic mass is 35.5. The molecule has 2 aromatic heterocycles. The van der Waals surface area contributed by atoms with E-state index >= 15 is 0 Å². The SMILES string of the molecule is CCCSc1n[nH]c(-[n+]2c(C)cc3cc(OC)c(OC)cc3c2-c2ccc(Cl)cc2)n1. The van der Waals surface area contributed by atoms with Crippen LogP contribution >= 0.6 is 23.4 Å². The maximum atomic E-state index is 6.17. The number of hydrogen-bond acceptors (Lipinski definition) is 5. The first kappa shape index (κ1) is 21.5. The van der Waals surface area contributed by atoms with Crippen LogP contribution in [0.25, 0.3) is 28.0 Å². The number of aryl methyl sites for hydroxylation is 1. The third-order valence-corrected chi connectivity index (χ3v) is 6.27. The number of hydrogen-bond donors (Lipinski definition) is 1. The highest BCUT2D eigenvalue weighted by Crippen LogP contribution is 2.36. The van der Waals surface area contributed by atoms with Crippen LogP contribution in [0.1, 0.15) is 19.0 Å². The minimum atomic E-state index is 0.664. The van der Waals surface area contributed by atoms with E-state index < -0.39 is 0 Å². The monoisotopic (exact) mass is 455 g/mol. The van der Waals surface area contributed by atoms with Gasteiger partial charge in [0.2, 0.25) is 0 Å². The number of nitrogens with one attached hydrogen (secondary N) is 1. The first-order chi connectivity index (χ1) is 15.0. The first-order valence-corrected chi connectivity index (χ1v) is 11.3. The fourth-order valence-electron chi connectivity index (χ4n) is 3.57. The van der Waals surface area contributed by atoms with Gasteiger partial charge < -0.3 is 9.47 Å². The van der Waals surface area contributed by atoms with Gasteiger partial charge in [-0.15, -0.1) is 5.10 Å². The lowest BCUT2D eigenvalue weighted by molar-refractivity contribution is -0.597. The van der Waals surface area contributed by atoms with Crippen molar-refractivity contribution in [3.05, 3.63) is 53.2 Å². The molecule has 0 aliphatic carbocycles. The molecule has 0 fully saturated rings. The van der Waals surface area contributed by atoms with Crippen molar-refractivity contribution in [3.8, 4) is 28.7 Å². The Morgan fingerprint density at radius 2 is 1.77 bits per heavy atom. The van der Waals surface area contributed by atoms with Crippen LogP contribution in [0.5, 0.6) is 11.5 Å². The number of halogens is 1. The summed E-state index contributed by atoms with van der Waals surface area (Å²) in [6, 6.07) is 13.9. The minimum absolute atomic E-state index is 0.664. The van der Waals surface area contributed by atoms with E-state index in [4.69, 9.17) is 26.1 Å². The average molecular weight is 456 g/mol. The largest absolute Gasteiger partial charge is 0.493 e. The molecule has 6 nitrogen and oxygen atoms in total. The molecule has 4 aromatic rings. The Morgan fingerprint density at radius 3 is 2.45 bits per heavy atom. The molecule has 2 aromatic carbocycles. The number of fused-ring (bicyclic) bond motifs is 1. The third-order valence-electron chi connectivity index (χ3n) is 4.97. The molecule has 0 amide bonds. The predicted octanol–water partition coefficient (Wildman–Crippen LogP) is 5.38. The number of methoxy groups -OCH3 is 2. The van der Waals surface area contributed by atoms with Gasteiger partial charge in [0.25, 0.3) is 5.16 Å². The lowest BCUT2D eigenvalue weighted by atomic mass is 10.0. The molecular weight excluding hydrogens is 432 g/mol. The first-order valence-electron chi connectivity index (χ1n) is 9.98.